The third-order valence-electron chi connectivity index (χ3n) is 6.49. The molecule has 198 valence electrons. The minimum Gasteiger partial charge on any atom is -0.354 e. The van der Waals surface area contributed by atoms with Crippen molar-refractivity contribution in [2.75, 3.05) is 43.2 Å². The third kappa shape index (κ3) is 5.87. The predicted octanol–water partition coefficient (Wildman–Crippen LogP) is 5.04. The summed E-state index contributed by atoms with van der Waals surface area (Å²) in [5, 5.41) is 6.97. The quantitative estimate of drug-likeness (QED) is 0.306. The SMILES string of the molecule is CN(C)CC(=O)N(C)c1ccc(N/C(=C2\C(=O)Nc3cc(Cl)ccc32)c2ccc(Cn3ccnc3)cc2)cc1. The van der Waals surface area contributed by atoms with Crippen molar-refractivity contribution in [1.82, 2.24) is 14.5 Å². The number of fused-ring (bicyclic) bond motifs is 1. The molecule has 2 N–H and O–H groups in total. The minimum atomic E-state index is -0.206. The summed E-state index contributed by atoms with van der Waals surface area (Å²) in [7, 11) is 5.49. The first-order valence-corrected chi connectivity index (χ1v) is 12.9. The van der Waals surface area contributed by atoms with E-state index in [1.165, 1.54) is 0 Å². The number of amides is 2. The molecule has 0 saturated carbocycles. The molecule has 0 radical (unpaired) electrons. The van der Waals surface area contributed by atoms with Gasteiger partial charge in [-0.3, -0.25) is 9.59 Å². The molecular weight excluding hydrogens is 512 g/mol. The Balaban J connectivity index is 1.49. The number of benzene rings is 3. The van der Waals surface area contributed by atoms with Crippen molar-refractivity contribution < 1.29 is 9.59 Å². The molecule has 1 aliphatic rings. The Hall–Kier alpha value is -4.40. The Labute approximate surface area is 232 Å². The van der Waals surface area contributed by atoms with Gasteiger partial charge in [0.1, 0.15) is 0 Å². The Morgan fingerprint density at radius 2 is 1.77 bits per heavy atom. The van der Waals surface area contributed by atoms with Gasteiger partial charge in [0, 0.05) is 47.9 Å². The van der Waals surface area contributed by atoms with Gasteiger partial charge < -0.3 is 25.0 Å². The van der Waals surface area contributed by atoms with E-state index in [0.717, 1.165) is 28.1 Å². The van der Waals surface area contributed by atoms with E-state index in [-0.39, 0.29) is 11.8 Å². The molecule has 39 heavy (non-hydrogen) atoms. The first-order chi connectivity index (χ1) is 18.8. The fourth-order valence-electron chi connectivity index (χ4n) is 4.47. The maximum absolute atomic E-state index is 13.2. The molecule has 9 heteroatoms. The lowest BCUT2D eigenvalue weighted by molar-refractivity contribution is -0.119. The molecule has 0 saturated heterocycles. The Morgan fingerprint density at radius 3 is 2.44 bits per heavy atom. The second kappa shape index (κ2) is 11.1. The van der Waals surface area contributed by atoms with E-state index < -0.39 is 0 Å². The van der Waals surface area contributed by atoms with Crippen LogP contribution >= 0.6 is 11.6 Å². The highest BCUT2D eigenvalue weighted by Gasteiger charge is 2.28. The second-order valence-electron chi connectivity index (χ2n) is 9.69. The molecule has 4 aromatic rings. The number of rotatable bonds is 8. The summed E-state index contributed by atoms with van der Waals surface area (Å²) in [6.07, 6.45) is 5.45. The van der Waals surface area contributed by atoms with Gasteiger partial charge in [0.2, 0.25) is 5.91 Å². The summed E-state index contributed by atoms with van der Waals surface area (Å²) < 4.78 is 2.00. The van der Waals surface area contributed by atoms with Crippen LogP contribution in [-0.4, -0.2) is 54.0 Å². The lowest BCUT2D eigenvalue weighted by Crippen LogP contribution is -2.34. The van der Waals surface area contributed by atoms with Gasteiger partial charge in [-0.2, -0.15) is 0 Å². The van der Waals surface area contributed by atoms with Gasteiger partial charge in [0.05, 0.1) is 29.8 Å². The van der Waals surface area contributed by atoms with Crippen LogP contribution in [0.1, 0.15) is 16.7 Å². The van der Waals surface area contributed by atoms with Crippen molar-refractivity contribution in [3.05, 3.63) is 107 Å². The number of aromatic nitrogens is 2. The first kappa shape index (κ1) is 26.2. The standard InChI is InChI=1S/C30H29ClN6O2/c1-35(2)18-27(38)36(3)24-11-9-23(10-12-24)33-29(28-25-13-8-22(31)16-26(25)34-30(28)39)21-6-4-20(5-7-21)17-37-15-14-32-19-37/h4-16,19,33H,17-18H2,1-3H3,(H,34,39)/b29-28-. The Morgan fingerprint density at radius 1 is 1.03 bits per heavy atom. The number of nitrogens with one attached hydrogen (secondary N) is 2. The summed E-state index contributed by atoms with van der Waals surface area (Å²) in [5.41, 5.74) is 6.20. The van der Waals surface area contributed by atoms with Crippen molar-refractivity contribution >= 4 is 51.7 Å². The van der Waals surface area contributed by atoms with Crippen LogP contribution < -0.4 is 15.5 Å². The number of imidazole rings is 1. The van der Waals surface area contributed by atoms with Crippen molar-refractivity contribution in [3.63, 3.8) is 0 Å². The normalized spacial score (nSPS) is 13.7. The van der Waals surface area contributed by atoms with Crippen LogP contribution in [0.25, 0.3) is 11.3 Å². The van der Waals surface area contributed by atoms with E-state index in [9.17, 15) is 9.59 Å². The molecule has 0 unspecified atom stereocenters. The lowest BCUT2D eigenvalue weighted by Gasteiger charge is -2.20. The first-order valence-electron chi connectivity index (χ1n) is 12.5. The van der Waals surface area contributed by atoms with Crippen LogP contribution in [-0.2, 0) is 16.1 Å². The molecular formula is C30H29ClN6O2. The number of hydrogen-bond acceptors (Lipinski definition) is 5. The number of hydrogen-bond donors (Lipinski definition) is 2. The van der Waals surface area contributed by atoms with Crippen molar-refractivity contribution in [2.24, 2.45) is 0 Å². The summed E-state index contributed by atoms with van der Waals surface area (Å²) in [5.74, 6) is -0.208. The summed E-state index contributed by atoms with van der Waals surface area (Å²) >= 11 is 6.19. The fourth-order valence-corrected chi connectivity index (χ4v) is 4.65. The molecule has 2 amide bonds. The van der Waals surface area contributed by atoms with Crippen LogP contribution in [0.2, 0.25) is 5.02 Å². The van der Waals surface area contributed by atoms with E-state index >= 15 is 0 Å². The third-order valence-corrected chi connectivity index (χ3v) is 6.73. The summed E-state index contributed by atoms with van der Waals surface area (Å²) in [4.78, 5) is 33.3. The van der Waals surface area contributed by atoms with Gasteiger partial charge in [0.15, 0.2) is 0 Å². The molecule has 0 spiro atoms. The van der Waals surface area contributed by atoms with E-state index in [1.54, 1.807) is 36.6 Å². The summed E-state index contributed by atoms with van der Waals surface area (Å²) in [6, 6.07) is 21.1. The van der Waals surface area contributed by atoms with Crippen molar-refractivity contribution in [3.8, 4) is 0 Å². The van der Waals surface area contributed by atoms with Gasteiger partial charge in [-0.05, 0) is 61.6 Å². The van der Waals surface area contributed by atoms with Gasteiger partial charge in [-0.1, -0.05) is 41.9 Å². The van der Waals surface area contributed by atoms with Crippen LogP contribution in [0.4, 0.5) is 17.1 Å². The molecule has 5 rings (SSSR count). The molecule has 0 aliphatic carbocycles. The van der Waals surface area contributed by atoms with Crippen LogP contribution in [0.3, 0.4) is 0 Å². The zero-order chi connectivity index (χ0) is 27.5. The zero-order valence-corrected chi connectivity index (χ0v) is 22.7. The van der Waals surface area contributed by atoms with Crippen LogP contribution in [0, 0.1) is 0 Å². The average Bonchev–Trinajstić information content (AvgIpc) is 3.54. The second-order valence-corrected chi connectivity index (χ2v) is 10.1. The molecule has 3 aromatic carbocycles. The maximum Gasteiger partial charge on any atom is 0.258 e. The molecule has 1 aromatic heterocycles. The number of nitrogens with zero attached hydrogens (tertiary/aromatic N) is 4. The van der Waals surface area contributed by atoms with Crippen molar-refractivity contribution in [1.29, 1.82) is 0 Å². The Bertz CT molecular complexity index is 1530. The minimum absolute atomic E-state index is 0.00260. The number of likely N-dealkylation sites (N-methyl/N-ethyl adjacent to an activating group) is 2. The van der Waals surface area contributed by atoms with Gasteiger partial charge in [0.25, 0.3) is 5.91 Å². The van der Waals surface area contributed by atoms with Crippen LogP contribution in [0.5, 0.6) is 0 Å². The van der Waals surface area contributed by atoms with E-state index in [2.05, 4.69) is 15.6 Å². The van der Waals surface area contributed by atoms with E-state index in [1.807, 2.05) is 84.4 Å². The molecule has 2 heterocycles. The van der Waals surface area contributed by atoms with Crippen LogP contribution in [0.15, 0.2) is 85.5 Å². The summed E-state index contributed by atoms with van der Waals surface area (Å²) in [6.45, 7) is 1.02. The highest BCUT2D eigenvalue weighted by atomic mass is 35.5. The number of anilines is 3. The van der Waals surface area contributed by atoms with E-state index in [4.69, 9.17) is 11.6 Å². The average molecular weight is 541 g/mol. The molecule has 8 nitrogen and oxygen atoms in total. The smallest absolute Gasteiger partial charge is 0.258 e. The maximum atomic E-state index is 13.2. The topological polar surface area (TPSA) is 82.5 Å². The number of halogens is 1. The molecule has 1 aliphatic heterocycles. The molecule has 0 atom stereocenters. The van der Waals surface area contributed by atoms with E-state index in [0.29, 0.717) is 35.1 Å². The number of carbonyl (C=O) groups excluding carboxylic acids is 2. The van der Waals surface area contributed by atoms with Crippen molar-refractivity contribution in [2.45, 2.75) is 6.54 Å². The zero-order valence-electron chi connectivity index (χ0n) is 22.0. The number of carbonyl (C=O) groups is 2. The van der Waals surface area contributed by atoms with Gasteiger partial charge in [-0.25, -0.2) is 4.98 Å². The largest absolute Gasteiger partial charge is 0.354 e. The lowest BCUT2D eigenvalue weighted by atomic mass is 9.99. The molecule has 0 fully saturated rings. The fraction of sp³-hybridized carbons (Fsp3) is 0.167. The Kier molecular flexibility index (Phi) is 7.49. The highest BCUT2D eigenvalue weighted by molar-refractivity contribution is 6.38. The van der Waals surface area contributed by atoms with Gasteiger partial charge >= 0.3 is 0 Å². The highest BCUT2D eigenvalue weighted by Crippen LogP contribution is 2.39. The monoisotopic (exact) mass is 540 g/mol. The molecule has 0 bridgehead atoms. The predicted molar refractivity (Wildman–Crippen MR) is 157 cm³/mol. The van der Waals surface area contributed by atoms with Gasteiger partial charge in [-0.15, -0.1) is 0 Å².